The van der Waals surface area contributed by atoms with Crippen molar-refractivity contribution >= 4 is 40.3 Å². The van der Waals surface area contributed by atoms with Crippen LogP contribution in [-0.2, 0) is 0 Å². The van der Waals surface area contributed by atoms with Gasteiger partial charge >= 0.3 is 0 Å². The highest BCUT2D eigenvalue weighted by atomic mass is 35.5. The van der Waals surface area contributed by atoms with E-state index in [9.17, 15) is 20.3 Å². The van der Waals surface area contributed by atoms with Gasteiger partial charge < -0.3 is 10.2 Å². The van der Waals surface area contributed by atoms with Gasteiger partial charge in [0.15, 0.2) is 5.69 Å². The molecule has 1 heterocycles. The first-order valence-corrected chi connectivity index (χ1v) is 8.16. The average Bonchev–Trinajstić information content (AvgIpc) is 2.90. The Morgan fingerprint density at radius 2 is 1.89 bits per heavy atom. The number of nitro groups is 1. The molecule has 0 atom stereocenters. The van der Waals surface area contributed by atoms with Crippen molar-refractivity contribution in [3.8, 4) is 17.3 Å². The molecule has 0 radical (unpaired) electrons. The van der Waals surface area contributed by atoms with Crippen molar-refractivity contribution in [2.75, 3.05) is 0 Å². The Morgan fingerprint density at radius 1 is 1.15 bits per heavy atom. The fourth-order valence-electron chi connectivity index (χ4n) is 2.25. The number of hydrogen-bond acceptors (Lipinski definition) is 7. The topological polar surface area (TPSA) is 126 Å². The van der Waals surface area contributed by atoms with Crippen molar-refractivity contribution in [2.24, 2.45) is 10.2 Å². The largest absolute Gasteiger partial charge is 0.506 e. The maximum Gasteiger partial charge on any atom is 0.271 e. The minimum atomic E-state index is -0.625. The third-order valence-corrected chi connectivity index (χ3v) is 4.12. The predicted molar refractivity (Wildman–Crippen MR) is 98.9 cm³/mol. The first-order valence-electron chi connectivity index (χ1n) is 7.41. The average molecular weight is 408 g/mol. The maximum atomic E-state index is 10.8. The summed E-state index contributed by atoms with van der Waals surface area (Å²) in [6.45, 7) is 1.58. The summed E-state index contributed by atoms with van der Waals surface area (Å²) >= 11 is 12.1. The number of aryl methyl sites for hydroxylation is 1. The standard InChI is InChI=1S/C16H11Cl2N5O4/c1-8-15(20-19-12-7-10(23(26)27)3-5-14(12)24)16(25)22(21-8)13-6-9(17)2-4-11(13)18/h2-7,24-25H,1H3. The summed E-state index contributed by atoms with van der Waals surface area (Å²) in [7, 11) is 0. The van der Waals surface area contributed by atoms with Crippen LogP contribution in [0.4, 0.5) is 17.1 Å². The molecule has 27 heavy (non-hydrogen) atoms. The first-order chi connectivity index (χ1) is 12.8. The number of aromatic hydroxyl groups is 2. The highest BCUT2D eigenvalue weighted by Crippen LogP contribution is 2.38. The van der Waals surface area contributed by atoms with Gasteiger partial charge in [-0.2, -0.15) is 9.78 Å². The lowest BCUT2D eigenvalue weighted by Crippen LogP contribution is -1.97. The van der Waals surface area contributed by atoms with Gasteiger partial charge in [-0.3, -0.25) is 10.1 Å². The van der Waals surface area contributed by atoms with E-state index in [2.05, 4.69) is 15.3 Å². The first kappa shape index (κ1) is 18.6. The monoisotopic (exact) mass is 407 g/mol. The Labute approximate surface area is 162 Å². The molecule has 3 rings (SSSR count). The number of azo groups is 1. The van der Waals surface area contributed by atoms with Gasteiger partial charge in [-0.15, -0.1) is 10.2 Å². The molecule has 0 spiro atoms. The fraction of sp³-hybridized carbons (Fsp3) is 0.0625. The second-order valence-corrected chi connectivity index (χ2v) is 6.24. The second kappa shape index (κ2) is 7.22. The van der Waals surface area contributed by atoms with E-state index in [1.54, 1.807) is 19.1 Å². The number of aromatic nitrogens is 2. The van der Waals surface area contributed by atoms with Crippen LogP contribution in [-0.4, -0.2) is 24.9 Å². The van der Waals surface area contributed by atoms with Crippen molar-refractivity contribution in [2.45, 2.75) is 6.92 Å². The number of nitro benzene ring substituents is 1. The molecule has 11 heteroatoms. The molecule has 0 aliphatic rings. The summed E-state index contributed by atoms with van der Waals surface area (Å²) in [4.78, 5) is 10.2. The van der Waals surface area contributed by atoms with Gasteiger partial charge in [0.05, 0.1) is 21.3 Å². The van der Waals surface area contributed by atoms with Crippen molar-refractivity contribution in [1.82, 2.24) is 9.78 Å². The number of non-ortho nitro benzene ring substituents is 1. The molecule has 0 amide bonds. The van der Waals surface area contributed by atoms with E-state index in [1.165, 1.54) is 6.07 Å². The van der Waals surface area contributed by atoms with Gasteiger partial charge in [-0.05, 0) is 31.2 Å². The van der Waals surface area contributed by atoms with Gasteiger partial charge in [0.25, 0.3) is 5.69 Å². The molecular formula is C16H11Cl2N5O4. The highest BCUT2D eigenvalue weighted by Gasteiger charge is 2.18. The lowest BCUT2D eigenvalue weighted by atomic mass is 10.2. The summed E-state index contributed by atoms with van der Waals surface area (Å²) in [5.74, 6) is -0.655. The van der Waals surface area contributed by atoms with Gasteiger partial charge in [-0.25, -0.2) is 0 Å². The Hall–Kier alpha value is -3.17. The lowest BCUT2D eigenvalue weighted by molar-refractivity contribution is -0.384. The number of phenols is 1. The van der Waals surface area contributed by atoms with E-state index in [-0.39, 0.29) is 28.7 Å². The Kier molecular flexibility index (Phi) is 4.98. The molecule has 0 bridgehead atoms. The van der Waals surface area contributed by atoms with Crippen LogP contribution in [0.2, 0.25) is 10.0 Å². The lowest BCUT2D eigenvalue weighted by Gasteiger charge is -2.05. The third-order valence-electron chi connectivity index (χ3n) is 3.57. The van der Waals surface area contributed by atoms with E-state index < -0.39 is 4.92 Å². The molecule has 1 aromatic heterocycles. The van der Waals surface area contributed by atoms with Crippen LogP contribution in [0.15, 0.2) is 46.6 Å². The Bertz CT molecular complexity index is 1080. The molecule has 138 valence electrons. The fourth-order valence-corrected chi connectivity index (χ4v) is 2.61. The van der Waals surface area contributed by atoms with Crippen LogP contribution >= 0.6 is 23.2 Å². The molecule has 3 aromatic rings. The zero-order valence-corrected chi connectivity index (χ0v) is 15.2. The van der Waals surface area contributed by atoms with Crippen molar-refractivity contribution < 1.29 is 15.1 Å². The summed E-state index contributed by atoms with van der Waals surface area (Å²) in [6, 6.07) is 7.99. The van der Waals surface area contributed by atoms with E-state index in [1.807, 2.05) is 0 Å². The molecule has 0 saturated carbocycles. The second-order valence-electron chi connectivity index (χ2n) is 5.40. The Morgan fingerprint density at radius 3 is 2.59 bits per heavy atom. The molecular weight excluding hydrogens is 397 g/mol. The van der Waals surface area contributed by atoms with Crippen LogP contribution < -0.4 is 0 Å². The number of halogens is 2. The predicted octanol–water partition coefficient (Wildman–Crippen LogP) is 5.22. The van der Waals surface area contributed by atoms with E-state index in [0.717, 1.165) is 22.9 Å². The third kappa shape index (κ3) is 3.69. The van der Waals surface area contributed by atoms with E-state index >= 15 is 0 Å². The van der Waals surface area contributed by atoms with Gasteiger partial charge in [-0.1, -0.05) is 23.2 Å². The maximum absolute atomic E-state index is 10.8. The number of hydrogen-bond donors (Lipinski definition) is 2. The van der Waals surface area contributed by atoms with Gasteiger partial charge in [0.2, 0.25) is 5.88 Å². The molecule has 0 aliphatic heterocycles. The highest BCUT2D eigenvalue weighted by molar-refractivity contribution is 6.34. The van der Waals surface area contributed by atoms with Gasteiger partial charge in [0.1, 0.15) is 11.4 Å². The van der Waals surface area contributed by atoms with Crippen LogP contribution in [0.25, 0.3) is 5.69 Å². The van der Waals surface area contributed by atoms with Crippen LogP contribution in [0, 0.1) is 17.0 Å². The molecule has 0 aliphatic carbocycles. The summed E-state index contributed by atoms with van der Waals surface area (Å²) in [6.07, 6.45) is 0. The number of benzene rings is 2. The molecule has 0 saturated heterocycles. The molecule has 2 N–H and O–H groups in total. The zero-order chi connectivity index (χ0) is 19.7. The summed E-state index contributed by atoms with van der Waals surface area (Å²) in [5, 5.41) is 43.6. The summed E-state index contributed by atoms with van der Waals surface area (Å²) in [5.41, 5.74) is 0.277. The number of rotatable bonds is 4. The molecule has 2 aromatic carbocycles. The van der Waals surface area contributed by atoms with Crippen LogP contribution in [0.3, 0.4) is 0 Å². The number of phenolic OH excluding ortho intramolecular Hbond substituents is 1. The molecule has 0 fully saturated rings. The van der Waals surface area contributed by atoms with Crippen molar-refractivity contribution in [3.05, 3.63) is 62.3 Å². The zero-order valence-electron chi connectivity index (χ0n) is 13.7. The normalized spacial score (nSPS) is 11.2. The smallest absolute Gasteiger partial charge is 0.271 e. The van der Waals surface area contributed by atoms with E-state index in [0.29, 0.717) is 21.4 Å². The molecule has 0 unspecified atom stereocenters. The van der Waals surface area contributed by atoms with Crippen LogP contribution in [0.5, 0.6) is 11.6 Å². The minimum Gasteiger partial charge on any atom is -0.506 e. The SMILES string of the molecule is Cc1nn(-c2cc(Cl)ccc2Cl)c(O)c1N=Nc1cc([N+](=O)[O-])ccc1O. The minimum absolute atomic E-state index is 0.0111. The Balaban J connectivity index is 2.03. The van der Waals surface area contributed by atoms with Crippen LogP contribution in [0.1, 0.15) is 5.69 Å². The molecule has 9 nitrogen and oxygen atoms in total. The van der Waals surface area contributed by atoms with Crippen molar-refractivity contribution in [1.29, 1.82) is 0 Å². The quantitative estimate of drug-likeness (QED) is 0.348. The summed E-state index contributed by atoms with van der Waals surface area (Å²) < 4.78 is 1.14. The van der Waals surface area contributed by atoms with E-state index in [4.69, 9.17) is 23.2 Å². The van der Waals surface area contributed by atoms with Gasteiger partial charge in [0, 0.05) is 17.2 Å². The van der Waals surface area contributed by atoms with Crippen molar-refractivity contribution in [3.63, 3.8) is 0 Å². The number of nitrogens with zero attached hydrogens (tertiary/aromatic N) is 5.